The predicted octanol–water partition coefficient (Wildman–Crippen LogP) is 1.20. The molecule has 0 aliphatic heterocycles. The summed E-state index contributed by atoms with van der Waals surface area (Å²) in [6, 6.07) is 0. The van der Waals surface area contributed by atoms with Crippen molar-refractivity contribution >= 4 is 15.5 Å². The summed E-state index contributed by atoms with van der Waals surface area (Å²) in [4.78, 5) is 7.52. The Morgan fingerprint density at radius 1 is 1.45 bits per heavy atom. The summed E-state index contributed by atoms with van der Waals surface area (Å²) in [6.45, 7) is 1.39. The van der Waals surface area contributed by atoms with Crippen molar-refractivity contribution < 1.29 is 21.9 Å². The molecule has 112 valence electrons. The van der Waals surface area contributed by atoms with Crippen molar-refractivity contribution in [3.05, 3.63) is 23.6 Å². The van der Waals surface area contributed by atoms with Crippen molar-refractivity contribution in [2.45, 2.75) is 19.8 Å². The average molecular weight is 307 g/mol. The lowest BCUT2D eigenvalue weighted by Crippen LogP contribution is -2.21. The minimum atomic E-state index is -3.40. The van der Waals surface area contributed by atoms with Crippen LogP contribution in [0.4, 0.5) is 8.78 Å². The summed E-state index contributed by atoms with van der Waals surface area (Å²) in [7, 11) is -3.40. The van der Waals surface area contributed by atoms with Crippen LogP contribution in [-0.4, -0.2) is 36.7 Å². The van der Waals surface area contributed by atoms with Gasteiger partial charge in [-0.25, -0.2) is 27.2 Å². The van der Waals surface area contributed by atoms with Crippen LogP contribution in [0.15, 0.2) is 17.8 Å². The normalized spacial score (nSPS) is 13.3. The fraction of sp³-hybridized carbons (Fsp3) is 0.455. The molecule has 0 unspecified atom stereocenters. The number of alkyl halides is 2. The van der Waals surface area contributed by atoms with E-state index in [2.05, 4.69) is 9.97 Å². The van der Waals surface area contributed by atoms with E-state index in [1.165, 1.54) is 6.92 Å². The van der Waals surface area contributed by atoms with E-state index in [1.54, 1.807) is 0 Å². The Balaban J connectivity index is 2.82. The van der Waals surface area contributed by atoms with Gasteiger partial charge in [-0.1, -0.05) is 6.92 Å². The van der Waals surface area contributed by atoms with Gasteiger partial charge in [0.2, 0.25) is 0 Å². The van der Waals surface area contributed by atoms with E-state index in [0.717, 1.165) is 24.7 Å². The highest BCUT2D eigenvalue weighted by Gasteiger charge is 2.22. The highest BCUT2D eigenvalue weighted by Crippen LogP contribution is 2.16. The first-order valence-corrected chi connectivity index (χ1v) is 7.37. The van der Waals surface area contributed by atoms with Crippen molar-refractivity contribution in [1.82, 2.24) is 9.97 Å². The van der Waals surface area contributed by atoms with Crippen LogP contribution in [0.2, 0.25) is 0 Å². The molecule has 9 heteroatoms. The van der Waals surface area contributed by atoms with Crippen LogP contribution >= 0.6 is 0 Å². The Hall–Kier alpha value is -1.77. The molecule has 2 N–H and O–H groups in total. The van der Waals surface area contributed by atoms with Gasteiger partial charge in [-0.2, -0.15) is 0 Å². The largest absolute Gasteiger partial charge is 0.484 e. The lowest BCUT2D eigenvalue weighted by Gasteiger charge is -2.11. The quantitative estimate of drug-likeness (QED) is 0.848. The first-order chi connectivity index (χ1) is 9.13. The number of rotatable bonds is 6. The lowest BCUT2D eigenvalue weighted by atomic mass is 10.4. The second kappa shape index (κ2) is 6.12. The number of halogens is 2. The summed E-state index contributed by atoms with van der Waals surface area (Å²) in [5, 5.41) is 0.864. The van der Waals surface area contributed by atoms with E-state index >= 15 is 0 Å². The Morgan fingerprint density at radius 3 is 2.45 bits per heavy atom. The van der Waals surface area contributed by atoms with Gasteiger partial charge in [-0.3, -0.25) is 0 Å². The van der Waals surface area contributed by atoms with Gasteiger partial charge >= 0.3 is 0 Å². The zero-order chi connectivity index (χ0) is 15.4. The maximum Gasteiger partial charge on any atom is 0.278 e. The Labute approximate surface area is 115 Å². The molecule has 0 spiro atoms. The van der Waals surface area contributed by atoms with E-state index < -0.39 is 22.4 Å². The number of nitrogens with two attached hydrogens (primary N) is 1. The number of hydrogen-bond donors (Lipinski definition) is 1. The SMILES string of the molecule is CCS(=O)(=O)C=C(N)c1ncc(OCC(C)(F)F)cn1. The minimum absolute atomic E-state index is 0.0161. The van der Waals surface area contributed by atoms with Crippen molar-refractivity contribution in [2.24, 2.45) is 5.73 Å². The molecule has 0 aliphatic rings. The van der Waals surface area contributed by atoms with Crippen LogP contribution in [0.5, 0.6) is 5.75 Å². The van der Waals surface area contributed by atoms with Gasteiger partial charge in [0.15, 0.2) is 28.0 Å². The molecular formula is C11H15F2N3O3S. The maximum absolute atomic E-state index is 12.6. The number of nitrogens with zero attached hydrogens (tertiary/aromatic N) is 2. The van der Waals surface area contributed by atoms with Crippen LogP contribution in [0.3, 0.4) is 0 Å². The molecule has 1 heterocycles. The van der Waals surface area contributed by atoms with Gasteiger partial charge in [-0.05, 0) is 0 Å². The third-order valence-electron chi connectivity index (χ3n) is 2.09. The van der Waals surface area contributed by atoms with Crippen LogP contribution in [-0.2, 0) is 9.84 Å². The Kier molecular flexibility index (Phi) is 4.98. The first-order valence-electron chi connectivity index (χ1n) is 5.66. The molecule has 0 fully saturated rings. The van der Waals surface area contributed by atoms with Gasteiger partial charge in [0.25, 0.3) is 5.92 Å². The van der Waals surface area contributed by atoms with Crippen molar-refractivity contribution in [3.63, 3.8) is 0 Å². The average Bonchev–Trinajstić information content (AvgIpc) is 2.35. The van der Waals surface area contributed by atoms with Gasteiger partial charge < -0.3 is 10.5 Å². The molecule has 0 amide bonds. The highest BCUT2D eigenvalue weighted by atomic mass is 32.2. The summed E-state index contributed by atoms with van der Waals surface area (Å²) >= 11 is 0. The van der Waals surface area contributed by atoms with Crippen LogP contribution < -0.4 is 10.5 Å². The van der Waals surface area contributed by atoms with Crippen LogP contribution in [0.25, 0.3) is 5.70 Å². The lowest BCUT2D eigenvalue weighted by molar-refractivity contribution is -0.0231. The molecule has 1 aromatic heterocycles. The third kappa shape index (κ3) is 5.47. The van der Waals surface area contributed by atoms with Crippen molar-refractivity contribution in [2.75, 3.05) is 12.4 Å². The number of aromatic nitrogens is 2. The van der Waals surface area contributed by atoms with E-state index in [-0.39, 0.29) is 23.0 Å². The molecule has 0 bridgehead atoms. The zero-order valence-electron chi connectivity index (χ0n) is 11.0. The van der Waals surface area contributed by atoms with Gasteiger partial charge in [-0.15, -0.1) is 0 Å². The maximum atomic E-state index is 12.6. The van der Waals surface area contributed by atoms with E-state index in [4.69, 9.17) is 10.5 Å². The highest BCUT2D eigenvalue weighted by molar-refractivity contribution is 7.94. The molecule has 1 aromatic rings. The second-order valence-corrected chi connectivity index (χ2v) is 6.26. The summed E-state index contributed by atoms with van der Waals surface area (Å²) in [5.41, 5.74) is 5.42. The van der Waals surface area contributed by atoms with E-state index in [0.29, 0.717) is 0 Å². The summed E-state index contributed by atoms with van der Waals surface area (Å²) in [6.07, 6.45) is 2.29. The third-order valence-corrected chi connectivity index (χ3v) is 3.51. The second-order valence-electron chi connectivity index (χ2n) is 4.13. The Bertz CT molecular complexity index is 580. The van der Waals surface area contributed by atoms with Crippen molar-refractivity contribution in [3.8, 4) is 5.75 Å². The van der Waals surface area contributed by atoms with E-state index in [1.807, 2.05) is 0 Å². The monoisotopic (exact) mass is 307 g/mol. The van der Waals surface area contributed by atoms with Crippen LogP contribution in [0, 0.1) is 0 Å². The molecule has 1 rings (SSSR count). The zero-order valence-corrected chi connectivity index (χ0v) is 11.8. The van der Waals surface area contributed by atoms with Gasteiger partial charge in [0, 0.05) is 6.92 Å². The number of sulfone groups is 1. The fourth-order valence-corrected chi connectivity index (χ4v) is 1.74. The molecule has 0 saturated heterocycles. The molecule has 6 nitrogen and oxygen atoms in total. The van der Waals surface area contributed by atoms with Crippen LogP contribution in [0.1, 0.15) is 19.7 Å². The standard InChI is InChI=1S/C11H15F2N3O3S/c1-3-20(17,18)6-9(14)10-15-4-8(5-16-10)19-7-11(2,12)13/h4-6H,3,7,14H2,1-2H3. The molecule has 20 heavy (non-hydrogen) atoms. The molecule has 0 saturated carbocycles. The minimum Gasteiger partial charge on any atom is -0.484 e. The number of hydrogen-bond acceptors (Lipinski definition) is 6. The molecule has 0 radical (unpaired) electrons. The summed E-state index contributed by atoms with van der Waals surface area (Å²) in [5.74, 6) is -3.04. The molecule has 0 aromatic carbocycles. The smallest absolute Gasteiger partial charge is 0.278 e. The van der Waals surface area contributed by atoms with Gasteiger partial charge in [0.1, 0.15) is 0 Å². The molecular weight excluding hydrogens is 292 g/mol. The Morgan fingerprint density at radius 2 is 2.00 bits per heavy atom. The fourth-order valence-electron chi connectivity index (χ4n) is 1.08. The molecule has 0 aliphatic carbocycles. The molecule has 0 atom stereocenters. The van der Waals surface area contributed by atoms with E-state index in [9.17, 15) is 17.2 Å². The van der Waals surface area contributed by atoms with Crippen molar-refractivity contribution in [1.29, 1.82) is 0 Å². The predicted molar refractivity (Wildman–Crippen MR) is 69.8 cm³/mol. The van der Waals surface area contributed by atoms with Gasteiger partial charge in [0.05, 0.1) is 29.3 Å². The summed E-state index contributed by atoms with van der Waals surface area (Å²) < 4.78 is 52.6. The topological polar surface area (TPSA) is 95.2 Å². The number of ether oxygens (including phenoxy) is 1. The first kappa shape index (κ1) is 16.3.